The summed E-state index contributed by atoms with van der Waals surface area (Å²) in [5, 5.41) is 12.7. The number of ether oxygens (including phenoxy) is 1. The summed E-state index contributed by atoms with van der Waals surface area (Å²) in [6.07, 6.45) is 3.35. The smallest absolute Gasteiger partial charge is 0.222 e. The predicted octanol–water partition coefficient (Wildman–Crippen LogP) is 3.54. The van der Waals surface area contributed by atoms with Crippen LogP contribution in [0.3, 0.4) is 0 Å². The summed E-state index contributed by atoms with van der Waals surface area (Å²) in [6, 6.07) is 9.95. The van der Waals surface area contributed by atoms with Crippen LogP contribution in [0.4, 0.5) is 11.6 Å². The number of anilines is 2. The molecule has 0 amide bonds. The zero-order valence-corrected chi connectivity index (χ0v) is 18.5. The van der Waals surface area contributed by atoms with E-state index >= 15 is 0 Å². The van der Waals surface area contributed by atoms with Crippen LogP contribution < -0.4 is 11.1 Å². The maximum Gasteiger partial charge on any atom is 0.222 e. The molecule has 3 heterocycles. The first-order valence-electron chi connectivity index (χ1n) is 9.65. The molecule has 0 radical (unpaired) electrons. The molecule has 0 atom stereocenters. The van der Waals surface area contributed by atoms with E-state index in [1.54, 1.807) is 42.6 Å². The van der Waals surface area contributed by atoms with Crippen molar-refractivity contribution in [2.75, 3.05) is 43.7 Å². The van der Waals surface area contributed by atoms with Gasteiger partial charge in [0.1, 0.15) is 4.83 Å². The van der Waals surface area contributed by atoms with Crippen molar-refractivity contribution >= 4 is 45.0 Å². The molecule has 0 aliphatic rings. The Bertz CT molecular complexity index is 1150. The van der Waals surface area contributed by atoms with E-state index in [1.165, 1.54) is 0 Å². The van der Waals surface area contributed by atoms with Crippen molar-refractivity contribution in [2.24, 2.45) is 0 Å². The van der Waals surface area contributed by atoms with Crippen molar-refractivity contribution in [3.05, 3.63) is 42.7 Å². The monoisotopic (exact) mass is 454 g/mol. The number of hydrogen-bond donors (Lipinski definition) is 3. The van der Waals surface area contributed by atoms with Crippen molar-refractivity contribution < 1.29 is 9.84 Å². The minimum atomic E-state index is 0.00977. The lowest BCUT2D eigenvalue weighted by Gasteiger charge is -2.08. The van der Waals surface area contributed by atoms with Crippen LogP contribution in [0, 0.1) is 0 Å². The maximum atomic E-state index is 8.94. The molecule has 10 heteroatoms. The van der Waals surface area contributed by atoms with Crippen LogP contribution in [0.15, 0.2) is 46.9 Å². The van der Waals surface area contributed by atoms with Gasteiger partial charge in [0.2, 0.25) is 5.95 Å². The fraction of sp³-hybridized carbons (Fsp3) is 0.238. The highest BCUT2D eigenvalue weighted by molar-refractivity contribution is 8.01. The summed E-state index contributed by atoms with van der Waals surface area (Å²) >= 11 is 3.22. The van der Waals surface area contributed by atoms with Gasteiger partial charge in [0.15, 0.2) is 5.82 Å². The second-order valence-corrected chi connectivity index (χ2v) is 8.89. The largest absolute Gasteiger partial charge is 0.397 e. The van der Waals surface area contributed by atoms with Crippen molar-refractivity contribution in [1.82, 2.24) is 19.9 Å². The van der Waals surface area contributed by atoms with Gasteiger partial charge in [-0.25, -0.2) is 19.9 Å². The molecule has 0 aliphatic carbocycles. The summed E-state index contributed by atoms with van der Waals surface area (Å²) < 4.78 is 6.17. The molecule has 1 aromatic carbocycles. The number of hydrogen-bond acceptors (Lipinski definition) is 10. The van der Waals surface area contributed by atoms with E-state index in [0.29, 0.717) is 36.2 Å². The molecule has 0 bridgehead atoms. The third kappa shape index (κ3) is 4.77. The SMILES string of the molecule is COCCSc1sc2nc(-c3cnc(NCCO)nc3)nc(-c3ccccc3)c2c1N. The van der Waals surface area contributed by atoms with Crippen LogP contribution in [0.25, 0.3) is 32.9 Å². The fourth-order valence-electron chi connectivity index (χ4n) is 2.96. The average Bonchev–Trinajstić information content (AvgIpc) is 3.13. The number of benzene rings is 1. The first kappa shape index (κ1) is 21.4. The van der Waals surface area contributed by atoms with Crippen LogP contribution in [0.1, 0.15) is 0 Å². The number of aliphatic hydroxyl groups excluding tert-OH is 1. The van der Waals surface area contributed by atoms with E-state index < -0.39 is 0 Å². The van der Waals surface area contributed by atoms with E-state index in [1.807, 2.05) is 30.3 Å². The molecule has 0 spiro atoms. The van der Waals surface area contributed by atoms with Crippen molar-refractivity contribution in [3.8, 4) is 22.6 Å². The molecule has 160 valence electrons. The topological polar surface area (TPSA) is 119 Å². The molecule has 0 unspecified atom stereocenters. The number of aromatic nitrogens is 4. The maximum absolute atomic E-state index is 8.94. The zero-order chi connectivity index (χ0) is 21.6. The Morgan fingerprint density at radius 3 is 2.61 bits per heavy atom. The lowest BCUT2D eigenvalue weighted by Crippen LogP contribution is -2.08. The Labute approximate surface area is 187 Å². The molecule has 8 nitrogen and oxygen atoms in total. The first-order chi connectivity index (χ1) is 15.2. The number of thioether (sulfide) groups is 1. The highest BCUT2D eigenvalue weighted by Gasteiger charge is 2.19. The highest BCUT2D eigenvalue weighted by Crippen LogP contribution is 2.43. The normalized spacial score (nSPS) is 11.2. The number of aliphatic hydroxyl groups is 1. The number of nitrogens with one attached hydrogen (secondary N) is 1. The summed E-state index contributed by atoms with van der Waals surface area (Å²) in [5.74, 6) is 1.79. The van der Waals surface area contributed by atoms with Crippen LogP contribution in [-0.4, -0.2) is 57.7 Å². The van der Waals surface area contributed by atoms with E-state index in [-0.39, 0.29) is 6.61 Å². The number of nitrogens with two attached hydrogens (primary N) is 1. The van der Waals surface area contributed by atoms with Gasteiger partial charge in [-0.15, -0.1) is 23.1 Å². The number of rotatable bonds is 9. The zero-order valence-electron chi connectivity index (χ0n) is 16.9. The van der Waals surface area contributed by atoms with Gasteiger partial charge in [-0.2, -0.15) is 0 Å². The number of thiophene rings is 1. The fourth-order valence-corrected chi connectivity index (χ4v) is 5.21. The van der Waals surface area contributed by atoms with E-state index in [9.17, 15) is 0 Å². The summed E-state index contributed by atoms with van der Waals surface area (Å²) in [6.45, 7) is 1.04. The van der Waals surface area contributed by atoms with Crippen LogP contribution in [0.5, 0.6) is 0 Å². The second-order valence-electron chi connectivity index (χ2n) is 6.53. The second kappa shape index (κ2) is 10.0. The lowest BCUT2D eigenvalue weighted by atomic mass is 10.1. The Morgan fingerprint density at radius 1 is 1.13 bits per heavy atom. The van der Waals surface area contributed by atoms with Crippen molar-refractivity contribution in [2.45, 2.75) is 4.21 Å². The molecule has 0 saturated heterocycles. The number of methoxy groups -OCH3 is 1. The molecule has 3 aromatic heterocycles. The van der Waals surface area contributed by atoms with Gasteiger partial charge in [0, 0.05) is 37.4 Å². The quantitative estimate of drug-likeness (QED) is 0.258. The standard InChI is InChI=1S/C21H22N6O2S2/c1-29-9-10-30-20-16(22)15-17(13-5-3-2-4-6-13)26-18(27-19(15)31-20)14-11-24-21(25-12-14)23-7-8-28/h2-6,11-12,28H,7-10,22H2,1H3,(H,23,24,25). The first-order valence-corrected chi connectivity index (χ1v) is 11.5. The van der Waals surface area contributed by atoms with Crippen LogP contribution in [0.2, 0.25) is 0 Å². The minimum absolute atomic E-state index is 0.00977. The Hall–Kier alpha value is -2.79. The highest BCUT2D eigenvalue weighted by atomic mass is 32.2. The summed E-state index contributed by atoms with van der Waals surface area (Å²) in [4.78, 5) is 19.0. The summed E-state index contributed by atoms with van der Waals surface area (Å²) in [7, 11) is 1.69. The van der Waals surface area contributed by atoms with E-state index in [4.69, 9.17) is 25.5 Å². The third-order valence-corrected chi connectivity index (χ3v) is 6.78. The molecule has 4 aromatic rings. The molecular weight excluding hydrogens is 432 g/mol. The van der Waals surface area contributed by atoms with Gasteiger partial charge in [0.05, 0.1) is 39.8 Å². The van der Waals surface area contributed by atoms with Crippen LogP contribution in [-0.2, 0) is 4.74 Å². The minimum Gasteiger partial charge on any atom is -0.397 e. The molecule has 0 saturated carbocycles. The molecule has 0 fully saturated rings. The molecule has 0 aliphatic heterocycles. The number of nitrogens with zero attached hydrogens (tertiary/aromatic N) is 4. The number of nitrogen functional groups attached to an aromatic ring is 1. The molecule has 4 N–H and O–H groups in total. The van der Waals surface area contributed by atoms with Crippen molar-refractivity contribution in [3.63, 3.8) is 0 Å². The van der Waals surface area contributed by atoms with Gasteiger partial charge in [-0.05, 0) is 0 Å². The van der Waals surface area contributed by atoms with Crippen molar-refractivity contribution in [1.29, 1.82) is 0 Å². The Kier molecular flexibility index (Phi) is 6.92. The molecule has 4 rings (SSSR count). The van der Waals surface area contributed by atoms with Gasteiger partial charge in [-0.1, -0.05) is 30.3 Å². The van der Waals surface area contributed by atoms with Gasteiger partial charge in [0.25, 0.3) is 0 Å². The van der Waals surface area contributed by atoms with Crippen LogP contribution >= 0.6 is 23.1 Å². The predicted molar refractivity (Wildman–Crippen MR) is 126 cm³/mol. The Morgan fingerprint density at radius 2 is 1.90 bits per heavy atom. The number of fused-ring (bicyclic) bond motifs is 1. The lowest BCUT2D eigenvalue weighted by molar-refractivity contribution is 0.218. The molecular formula is C21H22N6O2S2. The van der Waals surface area contributed by atoms with E-state index in [0.717, 1.165) is 31.4 Å². The Balaban J connectivity index is 1.80. The van der Waals surface area contributed by atoms with Gasteiger partial charge < -0.3 is 20.9 Å². The average molecular weight is 455 g/mol. The summed E-state index contributed by atoms with van der Waals surface area (Å²) in [5.41, 5.74) is 9.69. The van der Waals surface area contributed by atoms with Gasteiger partial charge >= 0.3 is 0 Å². The van der Waals surface area contributed by atoms with Gasteiger partial charge in [-0.3, -0.25) is 0 Å². The van der Waals surface area contributed by atoms with E-state index in [2.05, 4.69) is 15.3 Å². The third-order valence-electron chi connectivity index (χ3n) is 4.43. The molecule has 31 heavy (non-hydrogen) atoms.